The second-order valence-corrected chi connectivity index (χ2v) is 16.4. The maximum Gasteiger partial charge on any atom is 0.160 e. The van der Waals surface area contributed by atoms with Crippen LogP contribution in [0.1, 0.15) is 119 Å². The Kier molecular flexibility index (Phi) is 8.76. The Bertz CT molecular complexity index is 1000. The van der Waals surface area contributed by atoms with Crippen molar-refractivity contribution in [3.05, 3.63) is 23.8 Å². The van der Waals surface area contributed by atoms with Gasteiger partial charge in [0.2, 0.25) is 0 Å². The van der Waals surface area contributed by atoms with Crippen molar-refractivity contribution in [2.45, 2.75) is 150 Å². The van der Waals surface area contributed by atoms with Crippen molar-refractivity contribution in [2.75, 3.05) is 6.61 Å². The quantitative estimate of drug-likeness (QED) is 0.222. The second-order valence-electron chi connectivity index (χ2n) is 16.4. The van der Waals surface area contributed by atoms with Crippen molar-refractivity contribution >= 4 is 0 Å². The van der Waals surface area contributed by atoms with E-state index in [9.17, 15) is 15.3 Å². The molecule has 234 valence electrons. The molecule has 1 heterocycles. The van der Waals surface area contributed by atoms with Gasteiger partial charge in [-0.05, 0) is 117 Å². The number of hydrogen-bond acceptors (Lipinski definition) is 5. The second kappa shape index (κ2) is 11.3. The van der Waals surface area contributed by atoms with E-state index in [4.69, 9.17) is 9.47 Å². The van der Waals surface area contributed by atoms with Crippen LogP contribution in [0.4, 0.5) is 0 Å². The van der Waals surface area contributed by atoms with Crippen LogP contribution in [0.15, 0.2) is 23.8 Å². The molecule has 1 saturated heterocycles. The lowest BCUT2D eigenvalue weighted by Gasteiger charge is -2.70. The summed E-state index contributed by atoms with van der Waals surface area (Å²) >= 11 is 0. The van der Waals surface area contributed by atoms with Gasteiger partial charge in [-0.2, -0.15) is 0 Å². The molecule has 4 saturated carbocycles. The summed E-state index contributed by atoms with van der Waals surface area (Å²) in [5.41, 5.74) is 3.14. The van der Waals surface area contributed by atoms with Gasteiger partial charge in [0.1, 0.15) is 0 Å². The third-order valence-electron chi connectivity index (χ3n) is 13.7. The number of ether oxygens (including phenoxy) is 2. The maximum absolute atomic E-state index is 12.0. The molecule has 0 amide bonds. The van der Waals surface area contributed by atoms with Crippen LogP contribution in [0, 0.1) is 45.3 Å². The van der Waals surface area contributed by atoms with E-state index in [1.54, 1.807) is 0 Å². The zero-order valence-electron chi connectivity index (χ0n) is 27.1. The molecule has 5 rings (SSSR count). The molecule has 0 spiro atoms. The van der Waals surface area contributed by atoms with Crippen LogP contribution in [-0.4, -0.2) is 52.6 Å². The summed E-state index contributed by atoms with van der Waals surface area (Å²) in [4.78, 5) is 0. The van der Waals surface area contributed by atoms with E-state index in [0.717, 1.165) is 38.5 Å². The minimum Gasteiger partial charge on any atom is -0.394 e. The molecule has 0 aromatic rings. The Balaban J connectivity index is 1.35. The van der Waals surface area contributed by atoms with Crippen LogP contribution in [0.2, 0.25) is 0 Å². The smallest absolute Gasteiger partial charge is 0.160 e. The average molecular weight is 573 g/mol. The maximum atomic E-state index is 12.0. The molecule has 4 aliphatic carbocycles. The topological polar surface area (TPSA) is 79.2 Å². The predicted molar refractivity (Wildman–Crippen MR) is 164 cm³/mol. The molecule has 0 aromatic heterocycles. The van der Waals surface area contributed by atoms with Crippen molar-refractivity contribution in [1.82, 2.24) is 0 Å². The summed E-state index contributed by atoms with van der Waals surface area (Å²) < 4.78 is 12.7. The predicted octanol–water partition coefficient (Wildman–Crippen LogP) is 7.19. The fourth-order valence-corrected chi connectivity index (χ4v) is 11.5. The van der Waals surface area contributed by atoms with Crippen LogP contribution in [0.25, 0.3) is 0 Å². The molecule has 5 heteroatoms. The van der Waals surface area contributed by atoms with Crippen molar-refractivity contribution in [1.29, 1.82) is 0 Å². The monoisotopic (exact) mass is 572 g/mol. The SMILES string of the molecule is C=C(CCC=C(C)C)[C@H]1CC[C@]2(C)[C@@H]1[C@H](O)CC1[C@@]3(C)CC[C@H](O[C@H]4C[C@@H](O)C[C@@H](CO)O4)C(C)(C)C3CC[C@]12C. The highest BCUT2D eigenvalue weighted by atomic mass is 16.7. The molecular weight excluding hydrogens is 512 g/mol. The first-order chi connectivity index (χ1) is 19.2. The van der Waals surface area contributed by atoms with E-state index in [0.29, 0.717) is 36.5 Å². The number of rotatable bonds is 7. The molecule has 5 nitrogen and oxygen atoms in total. The highest BCUT2D eigenvalue weighted by Crippen LogP contribution is 2.75. The van der Waals surface area contributed by atoms with Gasteiger partial charge in [-0.3, -0.25) is 0 Å². The first kappa shape index (κ1) is 31.7. The highest BCUT2D eigenvalue weighted by molar-refractivity contribution is 5.22. The fourth-order valence-electron chi connectivity index (χ4n) is 11.5. The zero-order valence-corrected chi connectivity index (χ0v) is 27.1. The molecule has 0 bridgehead atoms. The van der Waals surface area contributed by atoms with E-state index in [-0.39, 0.29) is 46.6 Å². The third-order valence-corrected chi connectivity index (χ3v) is 13.7. The highest BCUT2D eigenvalue weighted by Gasteiger charge is 2.70. The van der Waals surface area contributed by atoms with Gasteiger partial charge in [0.25, 0.3) is 0 Å². The number of aliphatic hydroxyl groups excluding tert-OH is 3. The Labute approximate surface area is 250 Å². The molecular formula is C36H60O5. The Morgan fingerprint density at radius 2 is 1.63 bits per heavy atom. The van der Waals surface area contributed by atoms with Gasteiger partial charge in [0, 0.05) is 12.8 Å². The number of allylic oxidation sites excluding steroid dienone is 3. The van der Waals surface area contributed by atoms with Crippen molar-refractivity contribution in [2.24, 2.45) is 45.3 Å². The van der Waals surface area contributed by atoms with Gasteiger partial charge in [-0.1, -0.05) is 58.4 Å². The molecule has 41 heavy (non-hydrogen) atoms. The van der Waals surface area contributed by atoms with Crippen molar-refractivity contribution < 1.29 is 24.8 Å². The van der Waals surface area contributed by atoms with Gasteiger partial charge >= 0.3 is 0 Å². The molecule has 0 aromatic carbocycles. The molecule has 12 atom stereocenters. The first-order valence-corrected chi connectivity index (χ1v) is 16.8. The Morgan fingerprint density at radius 3 is 2.32 bits per heavy atom. The normalized spacial score (nSPS) is 49.0. The molecule has 5 aliphatic rings. The zero-order chi connectivity index (χ0) is 30.0. The lowest BCUT2D eigenvalue weighted by Crippen LogP contribution is -2.66. The van der Waals surface area contributed by atoms with Crippen molar-refractivity contribution in [3.8, 4) is 0 Å². The van der Waals surface area contributed by atoms with E-state index >= 15 is 0 Å². The van der Waals surface area contributed by atoms with Gasteiger partial charge in [-0.25, -0.2) is 0 Å². The van der Waals surface area contributed by atoms with E-state index in [1.165, 1.54) is 30.4 Å². The lowest BCUT2D eigenvalue weighted by molar-refractivity contribution is -0.287. The molecule has 3 N–H and O–H groups in total. The van der Waals surface area contributed by atoms with E-state index in [1.807, 2.05) is 0 Å². The molecule has 1 aliphatic heterocycles. The Hall–Kier alpha value is -0.720. The summed E-state index contributed by atoms with van der Waals surface area (Å²) in [6.07, 6.45) is 11.5. The minimum absolute atomic E-state index is 0.0467. The van der Waals surface area contributed by atoms with Crippen LogP contribution < -0.4 is 0 Å². The number of fused-ring (bicyclic) bond motifs is 5. The standard InChI is InChI=1S/C36H60O5/c1-22(2)10-9-11-23(3)26-12-16-36(8)32(26)27(39)20-29-34(6)15-14-30(33(4,5)28(34)13-17-35(29,36)7)41-31-19-24(38)18-25(21-37)40-31/h10,24-32,37-39H,3,9,11-21H2,1-2,4-8H3/t24-,25-,26+,27+,28?,29?,30-,31-,32-,34-,35+,36+/m0/s1. The lowest BCUT2D eigenvalue weighted by atomic mass is 9.35. The minimum atomic E-state index is -0.491. The first-order valence-electron chi connectivity index (χ1n) is 16.8. The van der Waals surface area contributed by atoms with Crippen LogP contribution in [0.3, 0.4) is 0 Å². The molecule has 2 unspecified atom stereocenters. The number of hydrogen-bond donors (Lipinski definition) is 3. The van der Waals surface area contributed by atoms with Gasteiger partial charge in [0.05, 0.1) is 31.0 Å². The van der Waals surface area contributed by atoms with Crippen LogP contribution in [-0.2, 0) is 9.47 Å². The van der Waals surface area contributed by atoms with Crippen LogP contribution in [0.5, 0.6) is 0 Å². The molecule has 5 fully saturated rings. The largest absolute Gasteiger partial charge is 0.394 e. The van der Waals surface area contributed by atoms with Crippen molar-refractivity contribution in [3.63, 3.8) is 0 Å². The summed E-state index contributed by atoms with van der Waals surface area (Å²) in [6, 6.07) is 0. The average Bonchev–Trinajstić information content (AvgIpc) is 3.26. The van der Waals surface area contributed by atoms with E-state index < -0.39 is 12.4 Å². The summed E-state index contributed by atoms with van der Waals surface area (Å²) in [7, 11) is 0. The van der Waals surface area contributed by atoms with Crippen LogP contribution >= 0.6 is 0 Å². The van der Waals surface area contributed by atoms with Gasteiger partial charge in [0.15, 0.2) is 6.29 Å². The van der Waals surface area contributed by atoms with Gasteiger partial charge < -0.3 is 24.8 Å². The molecule has 0 radical (unpaired) electrons. The summed E-state index contributed by atoms with van der Waals surface area (Å²) in [5.74, 6) is 1.72. The summed E-state index contributed by atoms with van der Waals surface area (Å²) in [6.45, 7) is 21.3. The third kappa shape index (κ3) is 5.22. The summed E-state index contributed by atoms with van der Waals surface area (Å²) in [5, 5.41) is 32.0. The fraction of sp³-hybridized carbons (Fsp3) is 0.889. The number of aliphatic hydroxyl groups is 3. The Morgan fingerprint density at radius 1 is 0.927 bits per heavy atom. The van der Waals surface area contributed by atoms with Gasteiger partial charge in [-0.15, -0.1) is 0 Å². The van der Waals surface area contributed by atoms with E-state index in [2.05, 4.69) is 61.1 Å².